The zero-order valence-electron chi connectivity index (χ0n) is 9.38. The van der Waals surface area contributed by atoms with Crippen molar-refractivity contribution in [2.45, 2.75) is 13.3 Å². The third-order valence-corrected chi connectivity index (χ3v) is 2.99. The summed E-state index contributed by atoms with van der Waals surface area (Å²) >= 11 is 0. The molecular formula is C12H11N3O2. The Morgan fingerprint density at radius 1 is 1.35 bits per heavy atom. The fraction of sp³-hybridized carbons (Fsp3) is 0.250. The number of benzene rings is 1. The van der Waals surface area contributed by atoms with Crippen LogP contribution in [0.15, 0.2) is 28.9 Å². The Labute approximate surface area is 98.0 Å². The van der Waals surface area contributed by atoms with E-state index in [1.54, 1.807) is 11.8 Å². The van der Waals surface area contributed by atoms with Crippen LogP contribution < -0.4 is 4.90 Å². The number of anilines is 1. The average Bonchev–Trinajstić information content (AvgIpc) is 2.94. The molecule has 3 rings (SSSR count). The second kappa shape index (κ2) is 3.69. The normalized spacial score (nSPS) is 13.8. The van der Waals surface area contributed by atoms with Crippen molar-refractivity contribution in [2.24, 2.45) is 0 Å². The summed E-state index contributed by atoms with van der Waals surface area (Å²) in [6.07, 6.45) is 0.881. The molecule has 0 radical (unpaired) electrons. The molecule has 5 nitrogen and oxygen atoms in total. The molecule has 0 fully saturated rings. The fourth-order valence-electron chi connectivity index (χ4n) is 2.10. The van der Waals surface area contributed by atoms with Crippen LogP contribution in [0.1, 0.15) is 21.7 Å². The summed E-state index contributed by atoms with van der Waals surface area (Å²) in [6, 6.07) is 7.90. The van der Waals surface area contributed by atoms with Crippen LogP contribution in [0.4, 0.5) is 5.69 Å². The van der Waals surface area contributed by atoms with Crippen molar-refractivity contribution in [3.63, 3.8) is 0 Å². The molecule has 0 unspecified atom stereocenters. The van der Waals surface area contributed by atoms with Crippen molar-refractivity contribution >= 4 is 11.6 Å². The highest BCUT2D eigenvalue weighted by molar-refractivity contribution is 6.06. The predicted octanol–water partition coefficient (Wildman–Crippen LogP) is 1.58. The Morgan fingerprint density at radius 3 is 2.94 bits per heavy atom. The molecular weight excluding hydrogens is 218 g/mol. The van der Waals surface area contributed by atoms with Gasteiger partial charge in [0.25, 0.3) is 5.91 Å². The molecule has 17 heavy (non-hydrogen) atoms. The number of hydrogen-bond acceptors (Lipinski definition) is 4. The van der Waals surface area contributed by atoms with Gasteiger partial charge in [0, 0.05) is 12.2 Å². The monoisotopic (exact) mass is 229 g/mol. The minimum absolute atomic E-state index is 0.145. The van der Waals surface area contributed by atoms with Crippen LogP contribution in [0, 0.1) is 6.92 Å². The number of carbonyl (C=O) groups excluding carboxylic acids is 1. The number of aromatic nitrogens is 2. The van der Waals surface area contributed by atoms with Crippen LogP contribution in [0.25, 0.3) is 0 Å². The summed E-state index contributed by atoms with van der Waals surface area (Å²) in [4.78, 5) is 14.0. The van der Waals surface area contributed by atoms with E-state index in [4.69, 9.17) is 0 Å². The maximum absolute atomic E-state index is 12.3. The summed E-state index contributed by atoms with van der Waals surface area (Å²) in [6.45, 7) is 2.40. The SMILES string of the molecule is Cc1nonc1C(=O)N1CCc2ccccc21. The van der Waals surface area contributed by atoms with Gasteiger partial charge in [0.1, 0.15) is 5.69 Å². The second-order valence-electron chi connectivity index (χ2n) is 4.03. The molecule has 1 aliphatic heterocycles. The van der Waals surface area contributed by atoms with Crippen LogP contribution in [0.2, 0.25) is 0 Å². The molecule has 0 saturated carbocycles. The molecule has 1 aromatic heterocycles. The van der Waals surface area contributed by atoms with E-state index >= 15 is 0 Å². The maximum atomic E-state index is 12.3. The number of fused-ring (bicyclic) bond motifs is 1. The minimum Gasteiger partial charge on any atom is -0.306 e. The van der Waals surface area contributed by atoms with Crippen LogP contribution in [-0.2, 0) is 6.42 Å². The van der Waals surface area contributed by atoms with E-state index in [0.717, 1.165) is 12.1 Å². The lowest BCUT2D eigenvalue weighted by Crippen LogP contribution is -2.29. The van der Waals surface area contributed by atoms with E-state index in [0.29, 0.717) is 17.9 Å². The fourth-order valence-corrected chi connectivity index (χ4v) is 2.10. The van der Waals surface area contributed by atoms with Gasteiger partial charge in [-0.2, -0.15) is 0 Å². The lowest BCUT2D eigenvalue weighted by molar-refractivity contribution is 0.0979. The maximum Gasteiger partial charge on any atom is 0.282 e. The highest BCUT2D eigenvalue weighted by Crippen LogP contribution is 2.28. The zero-order valence-corrected chi connectivity index (χ0v) is 9.38. The van der Waals surface area contributed by atoms with Gasteiger partial charge in [0.2, 0.25) is 0 Å². The Bertz CT molecular complexity index is 577. The predicted molar refractivity (Wildman–Crippen MR) is 60.9 cm³/mol. The number of para-hydroxylation sites is 1. The van der Waals surface area contributed by atoms with Crippen molar-refractivity contribution < 1.29 is 9.42 Å². The lowest BCUT2D eigenvalue weighted by atomic mass is 10.2. The zero-order chi connectivity index (χ0) is 11.8. The number of amides is 1. The Kier molecular flexibility index (Phi) is 2.18. The van der Waals surface area contributed by atoms with Gasteiger partial charge < -0.3 is 4.90 Å². The quantitative estimate of drug-likeness (QED) is 0.745. The second-order valence-corrected chi connectivity index (χ2v) is 4.03. The third kappa shape index (κ3) is 1.51. The first-order valence-corrected chi connectivity index (χ1v) is 5.46. The average molecular weight is 229 g/mol. The van der Waals surface area contributed by atoms with Gasteiger partial charge in [0.05, 0.1) is 0 Å². The van der Waals surface area contributed by atoms with Crippen LogP contribution in [0.5, 0.6) is 0 Å². The number of nitrogens with zero attached hydrogens (tertiary/aromatic N) is 3. The Balaban J connectivity index is 1.98. The van der Waals surface area contributed by atoms with Crippen LogP contribution >= 0.6 is 0 Å². The summed E-state index contributed by atoms with van der Waals surface area (Å²) in [5.74, 6) is -0.145. The molecule has 0 N–H and O–H groups in total. The van der Waals surface area contributed by atoms with Crippen LogP contribution in [0.3, 0.4) is 0 Å². The molecule has 1 aliphatic rings. The molecule has 0 spiro atoms. The largest absolute Gasteiger partial charge is 0.306 e. The highest BCUT2D eigenvalue weighted by atomic mass is 16.6. The summed E-state index contributed by atoms with van der Waals surface area (Å²) in [5, 5.41) is 7.29. The smallest absolute Gasteiger partial charge is 0.282 e. The van der Waals surface area contributed by atoms with Crippen molar-refractivity contribution in [2.75, 3.05) is 11.4 Å². The molecule has 86 valence electrons. The topological polar surface area (TPSA) is 59.2 Å². The number of rotatable bonds is 1. The summed E-state index contributed by atoms with van der Waals surface area (Å²) in [7, 11) is 0. The van der Waals surface area contributed by atoms with Gasteiger partial charge in [0.15, 0.2) is 5.69 Å². The molecule has 5 heteroatoms. The molecule has 0 bridgehead atoms. The van der Waals surface area contributed by atoms with E-state index in [1.165, 1.54) is 5.56 Å². The van der Waals surface area contributed by atoms with Gasteiger partial charge >= 0.3 is 0 Å². The molecule has 1 aromatic carbocycles. The first-order chi connectivity index (χ1) is 8.27. The third-order valence-electron chi connectivity index (χ3n) is 2.99. The number of hydrogen-bond donors (Lipinski definition) is 0. The van der Waals surface area contributed by atoms with Gasteiger partial charge in [-0.05, 0) is 30.1 Å². The molecule has 0 saturated heterocycles. The Hall–Kier alpha value is -2.17. The molecule has 0 aliphatic carbocycles. The Morgan fingerprint density at radius 2 is 2.18 bits per heavy atom. The van der Waals surface area contributed by atoms with Crippen molar-refractivity contribution in [1.82, 2.24) is 10.3 Å². The van der Waals surface area contributed by atoms with Gasteiger partial charge in [-0.3, -0.25) is 4.79 Å². The standard InChI is InChI=1S/C12H11N3O2/c1-8-11(14-17-13-8)12(16)15-7-6-9-4-2-3-5-10(9)15/h2-5H,6-7H2,1H3. The first-order valence-electron chi connectivity index (χ1n) is 5.46. The summed E-state index contributed by atoms with van der Waals surface area (Å²) in [5.41, 5.74) is 2.97. The van der Waals surface area contributed by atoms with E-state index in [-0.39, 0.29) is 5.91 Å². The van der Waals surface area contributed by atoms with Gasteiger partial charge in [-0.15, -0.1) is 0 Å². The van der Waals surface area contributed by atoms with Crippen molar-refractivity contribution in [3.8, 4) is 0 Å². The molecule has 2 heterocycles. The number of aryl methyl sites for hydroxylation is 1. The molecule has 1 amide bonds. The first kappa shape index (κ1) is 10.0. The molecule has 0 atom stereocenters. The minimum atomic E-state index is -0.145. The van der Waals surface area contributed by atoms with E-state index in [2.05, 4.69) is 14.9 Å². The molecule has 2 aromatic rings. The lowest BCUT2D eigenvalue weighted by Gasteiger charge is -2.15. The highest BCUT2D eigenvalue weighted by Gasteiger charge is 2.28. The van der Waals surface area contributed by atoms with E-state index in [9.17, 15) is 4.79 Å². The van der Waals surface area contributed by atoms with E-state index < -0.39 is 0 Å². The summed E-state index contributed by atoms with van der Waals surface area (Å²) < 4.78 is 4.57. The van der Waals surface area contributed by atoms with Crippen molar-refractivity contribution in [1.29, 1.82) is 0 Å². The van der Waals surface area contributed by atoms with Crippen molar-refractivity contribution in [3.05, 3.63) is 41.2 Å². The van der Waals surface area contributed by atoms with Gasteiger partial charge in [-0.25, -0.2) is 4.63 Å². The van der Waals surface area contributed by atoms with E-state index in [1.807, 2.05) is 24.3 Å². The number of carbonyl (C=O) groups is 1. The van der Waals surface area contributed by atoms with Gasteiger partial charge in [-0.1, -0.05) is 23.4 Å². The van der Waals surface area contributed by atoms with Crippen LogP contribution in [-0.4, -0.2) is 22.8 Å².